The van der Waals surface area contributed by atoms with E-state index in [1.807, 2.05) is 24.4 Å². The second kappa shape index (κ2) is 6.17. The van der Waals surface area contributed by atoms with Crippen molar-refractivity contribution < 1.29 is 0 Å². The molecule has 0 fully saturated rings. The fraction of sp³-hybridized carbons (Fsp3) is 0.316. The molecule has 3 heterocycles. The molecule has 0 radical (unpaired) electrons. The van der Waals surface area contributed by atoms with E-state index in [1.54, 1.807) is 6.33 Å². The molecule has 5 heteroatoms. The Hall–Kier alpha value is -2.53. The number of nitrogens with zero attached hydrogens (tertiary/aromatic N) is 4. The Morgan fingerprint density at radius 3 is 2.92 bits per heavy atom. The minimum absolute atomic E-state index is 0.550. The number of benzene rings is 1. The van der Waals surface area contributed by atoms with E-state index < -0.39 is 0 Å². The summed E-state index contributed by atoms with van der Waals surface area (Å²) in [7, 11) is 0. The second-order valence-corrected chi connectivity index (χ2v) is 6.35. The lowest BCUT2D eigenvalue weighted by molar-refractivity contribution is 0.207. The van der Waals surface area contributed by atoms with Gasteiger partial charge in [0.25, 0.3) is 0 Å². The Morgan fingerprint density at radius 1 is 1.17 bits per heavy atom. The molecule has 4 rings (SSSR count). The lowest BCUT2D eigenvalue weighted by Gasteiger charge is -2.21. The molecule has 0 bridgehead atoms. The van der Waals surface area contributed by atoms with E-state index in [9.17, 15) is 0 Å². The van der Waals surface area contributed by atoms with Gasteiger partial charge in [0.05, 0.1) is 23.1 Å². The molecule has 1 N–H and O–H groups in total. The van der Waals surface area contributed by atoms with Crippen LogP contribution < -0.4 is 5.32 Å². The Balaban J connectivity index is 1.63. The van der Waals surface area contributed by atoms with E-state index in [0.29, 0.717) is 6.04 Å². The molecule has 0 aliphatic carbocycles. The van der Waals surface area contributed by atoms with Gasteiger partial charge in [0.15, 0.2) is 0 Å². The summed E-state index contributed by atoms with van der Waals surface area (Å²) in [5, 5.41) is 4.55. The van der Waals surface area contributed by atoms with Gasteiger partial charge in [0.2, 0.25) is 0 Å². The number of anilines is 2. The van der Waals surface area contributed by atoms with Gasteiger partial charge < -0.3 is 5.32 Å². The number of hydrogen-bond acceptors (Lipinski definition) is 5. The molecule has 2 aromatic heterocycles. The van der Waals surface area contributed by atoms with Crippen LogP contribution in [0, 0.1) is 0 Å². The van der Waals surface area contributed by atoms with Crippen LogP contribution in [0.15, 0.2) is 42.9 Å². The van der Waals surface area contributed by atoms with Gasteiger partial charge in [0, 0.05) is 30.1 Å². The van der Waals surface area contributed by atoms with Gasteiger partial charge in [-0.3, -0.25) is 9.88 Å². The van der Waals surface area contributed by atoms with Crippen molar-refractivity contribution in [3.63, 3.8) is 0 Å². The molecule has 1 atom stereocenters. The molecule has 24 heavy (non-hydrogen) atoms. The Morgan fingerprint density at radius 2 is 2.04 bits per heavy atom. The van der Waals surface area contributed by atoms with Gasteiger partial charge in [-0.1, -0.05) is 25.1 Å². The zero-order valence-corrected chi connectivity index (χ0v) is 14.0. The van der Waals surface area contributed by atoms with Crippen LogP contribution in [0.25, 0.3) is 10.9 Å². The smallest absolute Gasteiger partial charge is 0.138 e. The van der Waals surface area contributed by atoms with E-state index >= 15 is 0 Å². The van der Waals surface area contributed by atoms with Crippen molar-refractivity contribution >= 4 is 22.4 Å². The Kier molecular flexibility index (Phi) is 3.86. The van der Waals surface area contributed by atoms with E-state index in [0.717, 1.165) is 47.6 Å². The first-order valence-corrected chi connectivity index (χ1v) is 8.43. The van der Waals surface area contributed by atoms with Crippen molar-refractivity contribution in [2.45, 2.75) is 39.4 Å². The zero-order valence-electron chi connectivity index (χ0n) is 14.0. The average Bonchev–Trinajstić information content (AvgIpc) is 3.06. The summed E-state index contributed by atoms with van der Waals surface area (Å²) in [5.41, 5.74) is 4.28. The van der Waals surface area contributed by atoms with Crippen molar-refractivity contribution in [2.75, 3.05) is 5.32 Å². The van der Waals surface area contributed by atoms with Crippen LogP contribution in [0.5, 0.6) is 0 Å². The fourth-order valence-electron chi connectivity index (χ4n) is 3.16. The number of fused-ring (bicyclic) bond motifs is 2. The monoisotopic (exact) mass is 319 g/mol. The van der Waals surface area contributed by atoms with Gasteiger partial charge in [-0.05, 0) is 25.5 Å². The summed E-state index contributed by atoms with van der Waals surface area (Å²) in [6, 6.07) is 10.8. The molecule has 0 saturated heterocycles. The Bertz CT molecular complexity index is 877. The number of nitrogens with one attached hydrogen (secondary N) is 1. The maximum atomic E-state index is 4.51. The molecule has 0 spiro atoms. The normalized spacial score (nSPS) is 15.4. The van der Waals surface area contributed by atoms with Crippen LogP contribution in [0.2, 0.25) is 0 Å². The maximum absolute atomic E-state index is 4.51. The van der Waals surface area contributed by atoms with Crippen molar-refractivity contribution in [2.24, 2.45) is 0 Å². The summed E-state index contributed by atoms with van der Waals surface area (Å²) in [5.74, 6) is 0.892. The highest BCUT2D eigenvalue weighted by Crippen LogP contribution is 2.30. The van der Waals surface area contributed by atoms with Crippen LogP contribution in [0.3, 0.4) is 0 Å². The van der Waals surface area contributed by atoms with Gasteiger partial charge in [0.1, 0.15) is 12.1 Å². The van der Waals surface area contributed by atoms with Gasteiger partial charge in [-0.25, -0.2) is 9.97 Å². The lowest BCUT2D eigenvalue weighted by Crippen LogP contribution is -2.27. The van der Waals surface area contributed by atoms with Crippen LogP contribution in [-0.2, 0) is 13.1 Å². The van der Waals surface area contributed by atoms with Gasteiger partial charge >= 0.3 is 0 Å². The summed E-state index contributed by atoms with van der Waals surface area (Å²) >= 11 is 0. The summed E-state index contributed by atoms with van der Waals surface area (Å²) in [4.78, 5) is 15.9. The molecule has 1 aliphatic heterocycles. The molecule has 3 aromatic rings. The van der Waals surface area contributed by atoms with Crippen LogP contribution >= 0.6 is 0 Å². The highest BCUT2D eigenvalue weighted by atomic mass is 15.2. The third-order valence-electron chi connectivity index (χ3n) is 4.82. The standard InChI is InChI=1S/C19H21N5/c1-3-13(2)24-10-16-18(11-24)21-12-22-19(16)23-15-8-14-6-4-5-7-17(14)20-9-15/h4-9,12-13H,3,10-11H2,1-2H3,(H,21,22,23). The van der Waals surface area contributed by atoms with Crippen LogP contribution in [-0.4, -0.2) is 25.9 Å². The number of pyridine rings is 1. The SMILES string of the molecule is CCC(C)N1Cc2ncnc(Nc3cnc4ccccc4c3)c2C1. The van der Waals surface area contributed by atoms with Gasteiger partial charge in [-0.15, -0.1) is 0 Å². The molecule has 0 saturated carbocycles. The third kappa shape index (κ3) is 2.71. The van der Waals surface area contributed by atoms with Crippen LogP contribution in [0.1, 0.15) is 31.5 Å². The molecule has 1 aliphatic rings. The number of para-hydroxylation sites is 1. The highest BCUT2D eigenvalue weighted by Gasteiger charge is 2.26. The summed E-state index contributed by atoms with van der Waals surface area (Å²) in [6.07, 6.45) is 4.65. The minimum atomic E-state index is 0.550. The second-order valence-electron chi connectivity index (χ2n) is 6.35. The molecular formula is C19H21N5. The quantitative estimate of drug-likeness (QED) is 0.791. The maximum Gasteiger partial charge on any atom is 0.138 e. The van der Waals surface area contributed by atoms with Crippen molar-refractivity contribution in [3.05, 3.63) is 54.1 Å². The number of rotatable bonds is 4. The first-order chi connectivity index (χ1) is 11.7. The molecule has 1 aromatic carbocycles. The van der Waals surface area contributed by atoms with E-state index in [2.05, 4.69) is 51.1 Å². The third-order valence-corrected chi connectivity index (χ3v) is 4.82. The molecule has 1 unspecified atom stereocenters. The molecule has 5 nitrogen and oxygen atoms in total. The predicted molar refractivity (Wildman–Crippen MR) is 96.1 cm³/mol. The fourth-order valence-corrected chi connectivity index (χ4v) is 3.16. The average molecular weight is 319 g/mol. The summed E-state index contributed by atoms with van der Waals surface area (Å²) < 4.78 is 0. The molecule has 122 valence electrons. The minimum Gasteiger partial charge on any atom is -0.339 e. The number of hydrogen-bond donors (Lipinski definition) is 1. The molecular weight excluding hydrogens is 298 g/mol. The first kappa shape index (κ1) is 15.0. The first-order valence-electron chi connectivity index (χ1n) is 8.43. The zero-order chi connectivity index (χ0) is 16.5. The van der Waals surface area contributed by atoms with Gasteiger partial charge in [-0.2, -0.15) is 0 Å². The van der Waals surface area contributed by atoms with Crippen molar-refractivity contribution in [1.29, 1.82) is 0 Å². The largest absolute Gasteiger partial charge is 0.339 e. The molecule has 0 amide bonds. The predicted octanol–water partition coefficient (Wildman–Crippen LogP) is 3.88. The number of aromatic nitrogens is 3. The topological polar surface area (TPSA) is 53.9 Å². The van der Waals surface area contributed by atoms with Crippen molar-refractivity contribution in [3.8, 4) is 0 Å². The van der Waals surface area contributed by atoms with E-state index in [-0.39, 0.29) is 0 Å². The summed E-state index contributed by atoms with van der Waals surface area (Å²) in [6.45, 7) is 6.28. The van der Waals surface area contributed by atoms with E-state index in [1.165, 1.54) is 5.56 Å². The lowest BCUT2D eigenvalue weighted by atomic mass is 10.2. The Labute approximate surface area is 141 Å². The van der Waals surface area contributed by atoms with E-state index in [4.69, 9.17) is 0 Å². The highest BCUT2D eigenvalue weighted by molar-refractivity contribution is 5.82. The van der Waals surface area contributed by atoms with Crippen molar-refractivity contribution in [1.82, 2.24) is 19.9 Å². The van der Waals surface area contributed by atoms with Crippen LogP contribution in [0.4, 0.5) is 11.5 Å².